The van der Waals surface area contributed by atoms with Crippen LogP contribution in [0, 0.1) is 5.92 Å². The van der Waals surface area contributed by atoms with Crippen LogP contribution in [0.4, 0.5) is 0 Å². The van der Waals surface area contributed by atoms with E-state index in [0.29, 0.717) is 184 Å². The molecule has 1 saturated heterocycles. The van der Waals surface area contributed by atoms with Crippen molar-refractivity contribution in [1.82, 2.24) is 25.8 Å². The molecule has 1 aliphatic rings. The first kappa shape index (κ1) is 67.6. The molecule has 426 valence electrons. The molecule has 0 saturated carbocycles. The molecule has 0 spiro atoms. The summed E-state index contributed by atoms with van der Waals surface area (Å²) >= 11 is 0. The lowest BCUT2D eigenvalue weighted by molar-refractivity contribution is -0.137. The second kappa shape index (κ2) is 48.2. The molecule has 2 atom stereocenters. The zero-order chi connectivity index (χ0) is 53.4. The van der Waals surface area contributed by atoms with Crippen molar-refractivity contribution in [2.45, 2.75) is 97.2 Å². The third-order valence-corrected chi connectivity index (χ3v) is 11.2. The van der Waals surface area contributed by atoms with Crippen LogP contribution in [0.1, 0.15) is 79.1 Å². The van der Waals surface area contributed by atoms with Crippen molar-refractivity contribution in [2.24, 2.45) is 5.92 Å². The number of ketones is 1. The van der Waals surface area contributed by atoms with Gasteiger partial charge in [-0.05, 0) is 51.9 Å². The maximum atomic E-state index is 13.3. The summed E-state index contributed by atoms with van der Waals surface area (Å²) in [6.45, 7) is 18.3. The van der Waals surface area contributed by atoms with E-state index in [-0.39, 0.29) is 81.2 Å². The fourth-order valence-electron chi connectivity index (χ4n) is 7.18. The van der Waals surface area contributed by atoms with Gasteiger partial charge in [-0.3, -0.25) is 28.8 Å². The number of ether oxygens (including phenoxy) is 12. The molecule has 3 N–H and O–H groups in total. The second-order valence-electron chi connectivity index (χ2n) is 17.3. The quantitative estimate of drug-likeness (QED) is 0.0566. The van der Waals surface area contributed by atoms with Gasteiger partial charge in [-0.2, -0.15) is 0 Å². The molecule has 0 aromatic carbocycles. The Hall–Kier alpha value is -3.46. The van der Waals surface area contributed by atoms with Gasteiger partial charge in [-0.15, -0.1) is 0 Å². The summed E-state index contributed by atoms with van der Waals surface area (Å²) in [5.41, 5.74) is 0. The van der Waals surface area contributed by atoms with Gasteiger partial charge in [0.15, 0.2) is 5.78 Å². The molecule has 1 fully saturated rings. The number of piperidine rings is 1. The van der Waals surface area contributed by atoms with Crippen molar-refractivity contribution in [2.75, 3.05) is 185 Å². The number of nitrogens with one attached hydrogen (secondary N) is 3. The fraction of sp³-hybridized carbons (Fsp3) is 0.880. The van der Waals surface area contributed by atoms with Gasteiger partial charge in [-0.1, -0.05) is 13.8 Å². The standard InChI is InChI=1S/C50H93N5O18/c1-6-63-25-26-66-21-14-48(60)55(44-10-16-54(41-56)17-11-44)18-22-67-29-27-64-19-12-46(58)51-15-8-7-9-45(50(61)53-49(42(2)3)43(4)57)52-47(59)13-20-65-28-30-69-33-34-71-37-38-73-40-39-72-36-35-70-32-31-68-24-23-62-5/h41-42,44-45,49H,6-40H2,1-5H3,(H,51,58)(H,52,59)(H,53,61). The minimum atomic E-state index is -0.879. The number of nitrogens with zero attached hydrogens (tertiary/aromatic N) is 2. The highest BCUT2D eigenvalue weighted by Gasteiger charge is 2.28. The average Bonchev–Trinajstić information content (AvgIpc) is 3.37. The average molecular weight is 1050 g/mol. The van der Waals surface area contributed by atoms with Gasteiger partial charge in [0, 0.05) is 58.8 Å². The number of hydrogen-bond acceptors (Lipinski definition) is 18. The van der Waals surface area contributed by atoms with Crippen LogP contribution in [0.2, 0.25) is 0 Å². The number of Topliss-reactive ketones (excluding diaryl/α,β-unsaturated/α-hetero) is 1. The topological polar surface area (TPSA) is 256 Å². The number of likely N-dealkylation sites (tertiary alicyclic amines) is 1. The molecular weight excluding hydrogens is 959 g/mol. The van der Waals surface area contributed by atoms with Gasteiger partial charge in [-0.25, -0.2) is 0 Å². The van der Waals surface area contributed by atoms with E-state index in [1.54, 1.807) is 12.0 Å². The highest BCUT2D eigenvalue weighted by Crippen LogP contribution is 2.17. The van der Waals surface area contributed by atoms with E-state index in [9.17, 15) is 28.8 Å². The van der Waals surface area contributed by atoms with Crippen molar-refractivity contribution in [3.05, 3.63) is 0 Å². The molecule has 0 radical (unpaired) electrons. The predicted molar refractivity (Wildman–Crippen MR) is 269 cm³/mol. The van der Waals surface area contributed by atoms with Crippen LogP contribution in [0.15, 0.2) is 0 Å². The molecule has 1 rings (SSSR count). The number of hydrogen-bond donors (Lipinski definition) is 3. The number of methoxy groups -OCH3 is 1. The summed E-state index contributed by atoms with van der Waals surface area (Å²) in [5, 5.41) is 8.44. The molecule has 0 aromatic heterocycles. The number of rotatable bonds is 52. The first-order valence-corrected chi connectivity index (χ1v) is 26.2. The van der Waals surface area contributed by atoms with Crippen molar-refractivity contribution in [3.8, 4) is 0 Å². The molecule has 1 heterocycles. The van der Waals surface area contributed by atoms with Crippen LogP contribution in [0.3, 0.4) is 0 Å². The molecule has 1 aliphatic heterocycles. The van der Waals surface area contributed by atoms with Gasteiger partial charge >= 0.3 is 0 Å². The molecule has 23 heteroatoms. The van der Waals surface area contributed by atoms with Crippen LogP contribution in [0.25, 0.3) is 0 Å². The van der Waals surface area contributed by atoms with E-state index in [1.807, 2.05) is 25.7 Å². The molecule has 0 aromatic rings. The fourth-order valence-corrected chi connectivity index (χ4v) is 7.18. The Balaban J connectivity index is 2.25. The van der Waals surface area contributed by atoms with Gasteiger partial charge in [0.2, 0.25) is 30.0 Å². The van der Waals surface area contributed by atoms with Crippen molar-refractivity contribution in [1.29, 1.82) is 0 Å². The summed E-state index contributed by atoms with van der Waals surface area (Å²) in [7, 11) is 1.63. The van der Waals surface area contributed by atoms with E-state index in [0.717, 1.165) is 6.41 Å². The highest BCUT2D eigenvalue weighted by molar-refractivity contribution is 5.92. The highest BCUT2D eigenvalue weighted by atomic mass is 16.6. The van der Waals surface area contributed by atoms with E-state index in [1.165, 1.54) is 6.92 Å². The second-order valence-corrected chi connectivity index (χ2v) is 17.3. The van der Waals surface area contributed by atoms with Crippen molar-refractivity contribution in [3.63, 3.8) is 0 Å². The third kappa shape index (κ3) is 38.7. The Morgan fingerprint density at radius 3 is 1.47 bits per heavy atom. The Morgan fingerprint density at radius 1 is 0.575 bits per heavy atom. The van der Waals surface area contributed by atoms with E-state index < -0.39 is 18.0 Å². The van der Waals surface area contributed by atoms with Crippen molar-refractivity contribution >= 4 is 35.8 Å². The van der Waals surface area contributed by atoms with E-state index >= 15 is 0 Å². The van der Waals surface area contributed by atoms with Crippen LogP contribution in [-0.2, 0) is 85.6 Å². The third-order valence-electron chi connectivity index (χ3n) is 11.2. The molecular formula is C50H93N5O18. The maximum absolute atomic E-state index is 13.3. The Morgan fingerprint density at radius 2 is 1.01 bits per heavy atom. The van der Waals surface area contributed by atoms with Crippen LogP contribution >= 0.6 is 0 Å². The van der Waals surface area contributed by atoms with Gasteiger partial charge in [0.25, 0.3) is 0 Å². The first-order chi connectivity index (χ1) is 35.5. The number of unbranched alkanes of at least 4 members (excludes halogenated alkanes) is 1. The SMILES string of the molecule is CCOCCOCCC(=O)N(CCOCCOCCC(=O)NCCCCC(NC(=O)CCOCCOCCOCCOCCOCCOCCOCCOC)C(=O)NC(C(C)=O)C(C)C)C1CCN(C=O)CC1. The van der Waals surface area contributed by atoms with Crippen LogP contribution < -0.4 is 16.0 Å². The zero-order valence-corrected chi connectivity index (χ0v) is 44.9. The number of carbonyl (C=O) groups excluding carboxylic acids is 6. The lowest BCUT2D eigenvalue weighted by atomic mass is 9.99. The molecule has 23 nitrogen and oxygen atoms in total. The van der Waals surface area contributed by atoms with Gasteiger partial charge in [0.05, 0.1) is 158 Å². The van der Waals surface area contributed by atoms with Crippen molar-refractivity contribution < 1.29 is 85.6 Å². The number of amides is 5. The minimum absolute atomic E-state index is 0.0174. The smallest absolute Gasteiger partial charge is 0.243 e. The van der Waals surface area contributed by atoms with Gasteiger partial charge < -0.3 is 82.6 Å². The summed E-state index contributed by atoms with van der Waals surface area (Å²) < 4.78 is 65.4. The predicted octanol–water partition coefficient (Wildman–Crippen LogP) is 0.956. The lowest BCUT2D eigenvalue weighted by Crippen LogP contribution is -2.52. The van der Waals surface area contributed by atoms with E-state index in [4.69, 9.17) is 56.8 Å². The largest absolute Gasteiger partial charge is 0.382 e. The monoisotopic (exact) mass is 1050 g/mol. The normalized spacial score (nSPS) is 13.8. The van der Waals surface area contributed by atoms with Crippen LogP contribution in [-0.4, -0.2) is 249 Å². The zero-order valence-electron chi connectivity index (χ0n) is 44.9. The first-order valence-electron chi connectivity index (χ1n) is 26.2. The molecule has 0 bridgehead atoms. The summed E-state index contributed by atoms with van der Waals surface area (Å²) in [5.74, 6) is -1.34. The lowest BCUT2D eigenvalue weighted by Gasteiger charge is -2.37. The summed E-state index contributed by atoms with van der Waals surface area (Å²) in [6, 6.07) is -1.55. The molecule has 73 heavy (non-hydrogen) atoms. The molecule has 5 amide bonds. The minimum Gasteiger partial charge on any atom is -0.382 e. The Kier molecular flexibility index (Phi) is 44.6. The molecule has 2 unspecified atom stereocenters. The van der Waals surface area contributed by atoms with Gasteiger partial charge in [0.1, 0.15) is 6.04 Å². The van der Waals surface area contributed by atoms with E-state index in [2.05, 4.69) is 16.0 Å². The Labute approximate surface area is 434 Å². The van der Waals surface area contributed by atoms with Crippen LogP contribution in [0.5, 0.6) is 0 Å². The Bertz CT molecular complexity index is 1400. The summed E-state index contributed by atoms with van der Waals surface area (Å²) in [4.78, 5) is 78.8. The maximum Gasteiger partial charge on any atom is 0.243 e. The number of carbonyl (C=O) groups is 6. The molecule has 0 aliphatic carbocycles. The summed E-state index contributed by atoms with van der Waals surface area (Å²) in [6.07, 6.45) is 4.05.